The lowest BCUT2D eigenvalue weighted by Crippen LogP contribution is -1.99. The van der Waals surface area contributed by atoms with Gasteiger partial charge in [-0.1, -0.05) is 25.8 Å². The van der Waals surface area contributed by atoms with Gasteiger partial charge >= 0.3 is 0 Å². The van der Waals surface area contributed by atoms with Crippen molar-refractivity contribution in [3.05, 3.63) is 11.1 Å². The highest BCUT2D eigenvalue weighted by molar-refractivity contribution is 5.73. The van der Waals surface area contributed by atoms with E-state index in [4.69, 9.17) is 0 Å². The molecule has 0 aliphatic carbocycles. The van der Waals surface area contributed by atoms with E-state index in [0.29, 0.717) is 5.92 Å². The number of hydrogen-bond donors (Lipinski definition) is 0. The summed E-state index contributed by atoms with van der Waals surface area (Å²) in [5, 5.41) is 0. The van der Waals surface area contributed by atoms with Gasteiger partial charge in [0, 0.05) is 0 Å². The molecule has 1 unspecified atom stereocenters. The lowest BCUT2D eigenvalue weighted by Gasteiger charge is -2.11. The maximum absolute atomic E-state index is 10.4. The molecule has 0 saturated carbocycles. The minimum Gasteiger partial charge on any atom is -0.298 e. The molecular formula is C10H18O. The molecule has 1 heteroatoms. The molecule has 11 heavy (non-hydrogen) atoms. The van der Waals surface area contributed by atoms with Crippen LogP contribution >= 0.6 is 0 Å². The van der Waals surface area contributed by atoms with Gasteiger partial charge in [-0.2, -0.15) is 0 Å². The molecule has 1 nitrogen and oxygen atoms in total. The van der Waals surface area contributed by atoms with Crippen LogP contribution in [0.5, 0.6) is 0 Å². The fourth-order valence-corrected chi connectivity index (χ4v) is 1.13. The number of hydrogen-bond acceptors (Lipinski definition) is 1. The maximum atomic E-state index is 10.4. The molecule has 0 spiro atoms. The highest BCUT2D eigenvalue weighted by Crippen LogP contribution is 2.18. The van der Waals surface area contributed by atoms with Crippen molar-refractivity contribution >= 4 is 6.29 Å². The van der Waals surface area contributed by atoms with Gasteiger partial charge in [0.1, 0.15) is 6.29 Å². The third-order valence-corrected chi connectivity index (χ3v) is 2.26. The van der Waals surface area contributed by atoms with Crippen molar-refractivity contribution in [1.29, 1.82) is 0 Å². The molecule has 64 valence electrons. The second-order valence-corrected chi connectivity index (χ2v) is 3.17. The molecule has 0 rings (SSSR count). The topological polar surface area (TPSA) is 17.1 Å². The van der Waals surface area contributed by atoms with Crippen LogP contribution < -0.4 is 0 Å². The Hall–Kier alpha value is -0.590. The molecule has 0 fully saturated rings. The zero-order valence-corrected chi connectivity index (χ0v) is 7.98. The average molecular weight is 154 g/mol. The third-order valence-electron chi connectivity index (χ3n) is 2.26. The minimum absolute atomic E-state index is 0.560. The van der Waals surface area contributed by atoms with Crippen LogP contribution in [-0.2, 0) is 4.79 Å². The molecule has 1 atom stereocenters. The van der Waals surface area contributed by atoms with Gasteiger partial charge in [0.05, 0.1) is 0 Å². The van der Waals surface area contributed by atoms with Gasteiger partial charge in [-0.3, -0.25) is 4.79 Å². The first-order valence-electron chi connectivity index (χ1n) is 4.26. The van der Waals surface area contributed by atoms with Crippen molar-refractivity contribution in [3.63, 3.8) is 0 Å². The van der Waals surface area contributed by atoms with E-state index >= 15 is 0 Å². The molecule has 0 aliphatic rings. The van der Waals surface area contributed by atoms with E-state index in [2.05, 4.69) is 13.8 Å². The van der Waals surface area contributed by atoms with E-state index in [-0.39, 0.29) is 0 Å². The van der Waals surface area contributed by atoms with Crippen molar-refractivity contribution in [3.8, 4) is 0 Å². The Bertz CT molecular complexity index is 156. The van der Waals surface area contributed by atoms with E-state index in [1.54, 1.807) is 0 Å². The van der Waals surface area contributed by atoms with E-state index in [9.17, 15) is 4.79 Å². The zero-order valence-electron chi connectivity index (χ0n) is 7.98. The second kappa shape index (κ2) is 5.11. The summed E-state index contributed by atoms with van der Waals surface area (Å²) in [5.74, 6) is 0.560. The largest absolute Gasteiger partial charge is 0.298 e. The van der Waals surface area contributed by atoms with Gasteiger partial charge in [0.2, 0.25) is 0 Å². The number of carbonyl (C=O) groups excluding carboxylic acids is 1. The SMILES string of the molecule is CCCC(C)C(C)=C(C)C=O. The van der Waals surface area contributed by atoms with Gasteiger partial charge in [0.15, 0.2) is 0 Å². The lowest BCUT2D eigenvalue weighted by molar-refractivity contribution is -0.104. The highest BCUT2D eigenvalue weighted by Gasteiger charge is 2.04. The fourth-order valence-electron chi connectivity index (χ4n) is 1.13. The fraction of sp³-hybridized carbons (Fsp3) is 0.700. The van der Waals surface area contributed by atoms with Crippen molar-refractivity contribution < 1.29 is 4.79 Å². The summed E-state index contributed by atoms with van der Waals surface area (Å²) < 4.78 is 0. The summed E-state index contributed by atoms with van der Waals surface area (Å²) in [6, 6.07) is 0. The van der Waals surface area contributed by atoms with Gasteiger partial charge in [-0.25, -0.2) is 0 Å². The lowest BCUT2D eigenvalue weighted by atomic mass is 9.94. The number of rotatable bonds is 4. The van der Waals surface area contributed by atoms with Crippen LogP contribution in [0.25, 0.3) is 0 Å². The van der Waals surface area contributed by atoms with Crippen molar-refractivity contribution in [2.45, 2.75) is 40.5 Å². The number of allylic oxidation sites excluding steroid dienone is 2. The standard InChI is InChI=1S/C10H18O/c1-5-6-8(2)10(4)9(3)7-11/h7-8H,5-6H2,1-4H3. The summed E-state index contributed by atoms with van der Waals surface area (Å²) in [4.78, 5) is 10.4. The van der Waals surface area contributed by atoms with Crippen molar-refractivity contribution in [2.75, 3.05) is 0 Å². The molecule has 0 aromatic carbocycles. The quantitative estimate of drug-likeness (QED) is 0.449. The molecule has 0 saturated heterocycles. The first kappa shape index (κ1) is 10.4. The molecule has 0 heterocycles. The number of aldehydes is 1. The van der Waals surface area contributed by atoms with Crippen molar-refractivity contribution in [1.82, 2.24) is 0 Å². The zero-order chi connectivity index (χ0) is 8.85. The van der Waals surface area contributed by atoms with Gasteiger partial charge in [0.25, 0.3) is 0 Å². The third kappa shape index (κ3) is 3.35. The smallest absolute Gasteiger partial charge is 0.145 e. The van der Waals surface area contributed by atoms with E-state index < -0.39 is 0 Å². The van der Waals surface area contributed by atoms with Crippen LogP contribution in [0.3, 0.4) is 0 Å². The van der Waals surface area contributed by atoms with E-state index in [0.717, 1.165) is 11.9 Å². The van der Waals surface area contributed by atoms with Gasteiger partial charge < -0.3 is 0 Å². The van der Waals surface area contributed by atoms with E-state index in [1.807, 2.05) is 13.8 Å². The van der Waals surface area contributed by atoms with Crippen LogP contribution in [0.15, 0.2) is 11.1 Å². The van der Waals surface area contributed by atoms with Crippen LogP contribution in [0.2, 0.25) is 0 Å². The average Bonchev–Trinajstić information content (AvgIpc) is 2.02. The molecule has 0 bridgehead atoms. The Kier molecular flexibility index (Phi) is 4.84. The van der Waals surface area contributed by atoms with Crippen LogP contribution in [0, 0.1) is 5.92 Å². The molecule has 0 amide bonds. The first-order chi connectivity index (χ1) is 5.13. The number of carbonyl (C=O) groups is 1. The summed E-state index contributed by atoms with van der Waals surface area (Å²) in [5.41, 5.74) is 2.13. The normalized spacial score (nSPS) is 15.6. The summed E-state index contributed by atoms with van der Waals surface area (Å²) in [7, 11) is 0. The van der Waals surface area contributed by atoms with Crippen LogP contribution in [0.4, 0.5) is 0 Å². The second-order valence-electron chi connectivity index (χ2n) is 3.17. The minimum atomic E-state index is 0.560. The molecule has 0 N–H and O–H groups in total. The van der Waals surface area contributed by atoms with E-state index in [1.165, 1.54) is 18.4 Å². The Labute approximate surface area is 69.5 Å². The monoisotopic (exact) mass is 154 g/mol. The predicted molar refractivity (Wildman–Crippen MR) is 48.5 cm³/mol. The summed E-state index contributed by atoms with van der Waals surface area (Å²) in [6.07, 6.45) is 3.31. The Morgan fingerprint density at radius 3 is 2.36 bits per heavy atom. The highest BCUT2D eigenvalue weighted by atomic mass is 16.1. The van der Waals surface area contributed by atoms with Crippen LogP contribution in [-0.4, -0.2) is 6.29 Å². The summed E-state index contributed by atoms with van der Waals surface area (Å²) in [6.45, 7) is 8.27. The van der Waals surface area contributed by atoms with Gasteiger partial charge in [-0.15, -0.1) is 0 Å². The maximum Gasteiger partial charge on any atom is 0.145 e. The Balaban J connectivity index is 4.20. The van der Waals surface area contributed by atoms with Crippen LogP contribution in [0.1, 0.15) is 40.5 Å². The molecular weight excluding hydrogens is 136 g/mol. The molecule has 0 radical (unpaired) electrons. The molecule has 0 aliphatic heterocycles. The summed E-state index contributed by atoms with van der Waals surface area (Å²) >= 11 is 0. The molecule has 0 aromatic rings. The Morgan fingerprint density at radius 2 is 2.00 bits per heavy atom. The van der Waals surface area contributed by atoms with Gasteiger partial charge in [-0.05, 0) is 31.8 Å². The molecule has 0 aromatic heterocycles. The Morgan fingerprint density at radius 1 is 1.45 bits per heavy atom. The first-order valence-corrected chi connectivity index (χ1v) is 4.26. The van der Waals surface area contributed by atoms with Crippen molar-refractivity contribution in [2.24, 2.45) is 5.92 Å². The predicted octanol–water partition coefficient (Wildman–Crippen LogP) is 2.96.